The summed E-state index contributed by atoms with van der Waals surface area (Å²) < 4.78 is 5.18. The second kappa shape index (κ2) is 8.50. The maximum atomic E-state index is 12.8. The fourth-order valence-corrected chi connectivity index (χ4v) is 2.91. The summed E-state index contributed by atoms with van der Waals surface area (Å²) >= 11 is 0. The molecule has 1 aliphatic heterocycles. The van der Waals surface area contributed by atoms with Gasteiger partial charge in [-0.1, -0.05) is 44.2 Å². The summed E-state index contributed by atoms with van der Waals surface area (Å²) in [5.74, 6) is -0.959. The number of nitrogens with zero attached hydrogens (tertiary/aromatic N) is 1. The molecule has 2 rings (SSSR count). The molecule has 3 amide bonds. The summed E-state index contributed by atoms with van der Waals surface area (Å²) in [4.78, 5) is 37.8. The predicted octanol–water partition coefficient (Wildman–Crippen LogP) is 1.41. The molecule has 25 heavy (non-hydrogen) atoms. The van der Waals surface area contributed by atoms with Crippen molar-refractivity contribution in [3.05, 3.63) is 35.9 Å². The van der Waals surface area contributed by atoms with E-state index in [-0.39, 0.29) is 18.4 Å². The van der Waals surface area contributed by atoms with Crippen molar-refractivity contribution in [2.75, 3.05) is 6.54 Å². The van der Waals surface area contributed by atoms with Crippen molar-refractivity contribution in [1.29, 1.82) is 0 Å². The molecule has 0 bridgehead atoms. The van der Waals surface area contributed by atoms with Crippen molar-refractivity contribution in [3.8, 4) is 0 Å². The van der Waals surface area contributed by atoms with Crippen LogP contribution in [0.4, 0.5) is 4.79 Å². The number of likely N-dealkylation sites (tertiary alicyclic amines) is 1. The first-order chi connectivity index (χ1) is 11.9. The summed E-state index contributed by atoms with van der Waals surface area (Å²) in [5.41, 5.74) is 6.23. The van der Waals surface area contributed by atoms with E-state index in [1.807, 2.05) is 44.2 Å². The van der Waals surface area contributed by atoms with Gasteiger partial charge < -0.3 is 20.7 Å². The van der Waals surface area contributed by atoms with Crippen LogP contribution in [0.15, 0.2) is 30.3 Å². The molecule has 0 saturated carbocycles. The predicted molar refractivity (Wildman–Crippen MR) is 92.3 cm³/mol. The number of amides is 3. The molecule has 1 aliphatic rings. The number of rotatable bonds is 6. The quantitative estimate of drug-likeness (QED) is 0.812. The monoisotopic (exact) mass is 347 g/mol. The molecular formula is C18H25N3O4. The van der Waals surface area contributed by atoms with Gasteiger partial charge in [-0.15, -0.1) is 0 Å². The van der Waals surface area contributed by atoms with Gasteiger partial charge in [0.05, 0.1) is 0 Å². The van der Waals surface area contributed by atoms with Gasteiger partial charge in [-0.3, -0.25) is 9.59 Å². The Balaban J connectivity index is 1.96. The van der Waals surface area contributed by atoms with Gasteiger partial charge in [0.25, 0.3) is 0 Å². The SMILES string of the molecule is CC(C)[C@@H](NC(=O)OCc1ccccc1)C(=O)N1CCC[C@H]1C(N)=O. The molecule has 7 nitrogen and oxygen atoms in total. The lowest BCUT2D eigenvalue weighted by Crippen LogP contribution is -2.54. The molecule has 1 heterocycles. The van der Waals surface area contributed by atoms with E-state index in [4.69, 9.17) is 10.5 Å². The van der Waals surface area contributed by atoms with Gasteiger partial charge in [0.1, 0.15) is 18.7 Å². The maximum absolute atomic E-state index is 12.8. The van der Waals surface area contributed by atoms with Crippen molar-refractivity contribution in [1.82, 2.24) is 10.2 Å². The highest BCUT2D eigenvalue weighted by Gasteiger charge is 2.37. The number of carbonyl (C=O) groups is 3. The molecule has 0 spiro atoms. The molecule has 1 aromatic carbocycles. The average molecular weight is 347 g/mol. The molecule has 136 valence electrons. The van der Waals surface area contributed by atoms with Crippen LogP contribution in [0.3, 0.4) is 0 Å². The van der Waals surface area contributed by atoms with Crippen molar-refractivity contribution in [2.24, 2.45) is 11.7 Å². The Kier molecular flexibility index (Phi) is 6.38. The fourth-order valence-electron chi connectivity index (χ4n) is 2.91. The van der Waals surface area contributed by atoms with Crippen molar-refractivity contribution >= 4 is 17.9 Å². The van der Waals surface area contributed by atoms with E-state index < -0.39 is 24.1 Å². The number of nitrogens with two attached hydrogens (primary N) is 1. The summed E-state index contributed by atoms with van der Waals surface area (Å²) in [6, 6.07) is 7.92. The third-order valence-electron chi connectivity index (χ3n) is 4.28. The zero-order chi connectivity index (χ0) is 18.4. The standard InChI is InChI=1S/C18H25N3O4/c1-12(2)15(17(23)21-10-6-9-14(21)16(19)22)20-18(24)25-11-13-7-4-3-5-8-13/h3-5,7-8,12,14-15H,6,9-11H2,1-2H3,(H2,19,22)(H,20,24)/t14-,15+/m0/s1. The first kappa shape index (κ1) is 18.8. The Bertz CT molecular complexity index is 618. The number of carbonyl (C=O) groups excluding carboxylic acids is 3. The topological polar surface area (TPSA) is 102 Å². The summed E-state index contributed by atoms with van der Waals surface area (Å²) in [5, 5.41) is 2.62. The molecule has 0 aromatic heterocycles. The minimum atomic E-state index is -0.761. The van der Waals surface area contributed by atoms with E-state index in [0.717, 1.165) is 12.0 Å². The van der Waals surface area contributed by atoms with Gasteiger partial charge in [0.2, 0.25) is 11.8 Å². The Labute approximate surface area is 147 Å². The Hall–Kier alpha value is -2.57. The van der Waals surface area contributed by atoms with E-state index in [1.54, 1.807) is 0 Å². The lowest BCUT2D eigenvalue weighted by Gasteiger charge is -2.29. The van der Waals surface area contributed by atoms with Gasteiger partial charge >= 0.3 is 6.09 Å². The fraction of sp³-hybridized carbons (Fsp3) is 0.500. The number of hydrogen-bond donors (Lipinski definition) is 2. The molecule has 0 radical (unpaired) electrons. The van der Waals surface area contributed by atoms with Crippen molar-refractivity contribution in [3.63, 3.8) is 0 Å². The number of hydrogen-bond acceptors (Lipinski definition) is 4. The second-order valence-electron chi connectivity index (χ2n) is 6.52. The number of benzene rings is 1. The first-order valence-corrected chi connectivity index (χ1v) is 8.47. The third-order valence-corrected chi connectivity index (χ3v) is 4.28. The molecule has 0 unspecified atom stereocenters. The summed E-state index contributed by atoms with van der Waals surface area (Å²) in [7, 11) is 0. The minimum Gasteiger partial charge on any atom is -0.445 e. The highest BCUT2D eigenvalue weighted by atomic mass is 16.5. The van der Waals surface area contributed by atoms with E-state index in [2.05, 4.69) is 5.32 Å². The van der Waals surface area contributed by atoms with Gasteiger partial charge in [-0.25, -0.2) is 4.79 Å². The molecule has 3 N–H and O–H groups in total. The van der Waals surface area contributed by atoms with E-state index in [0.29, 0.717) is 13.0 Å². The lowest BCUT2D eigenvalue weighted by atomic mass is 10.0. The number of alkyl carbamates (subject to hydrolysis) is 1. The summed E-state index contributed by atoms with van der Waals surface area (Å²) in [6.45, 7) is 4.25. The molecule has 1 saturated heterocycles. The van der Waals surface area contributed by atoms with Gasteiger partial charge in [-0.05, 0) is 24.3 Å². The Morgan fingerprint density at radius 3 is 2.56 bits per heavy atom. The van der Waals surface area contributed by atoms with E-state index >= 15 is 0 Å². The molecule has 1 aromatic rings. The van der Waals surface area contributed by atoms with Crippen LogP contribution in [0.1, 0.15) is 32.3 Å². The molecular weight excluding hydrogens is 322 g/mol. The van der Waals surface area contributed by atoms with E-state index in [1.165, 1.54) is 4.90 Å². The van der Waals surface area contributed by atoms with Crippen LogP contribution in [0.2, 0.25) is 0 Å². The van der Waals surface area contributed by atoms with Crippen molar-refractivity contribution < 1.29 is 19.1 Å². The Morgan fingerprint density at radius 2 is 1.96 bits per heavy atom. The highest BCUT2D eigenvalue weighted by Crippen LogP contribution is 2.20. The van der Waals surface area contributed by atoms with Crippen LogP contribution >= 0.6 is 0 Å². The van der Waals surface area contributed by atoms with Crippen LogP contribution in [-0.4, -0.2) is 41.4 Å². The van der Waals surface area contributed by atoms with Crippen molar-refractivity contribution in [2.45, 2.75) is 45.4 Å². The smallest absolute Gasteiger partial charge is 0.408 e. The molecule has 1 fully saturated rings. The van der Waals surface area contributed by atoms with Crippen LogP contribution < -0.4 is 11.1 Å². The number of ether oxygens (including phenoxy) is 1. The molecule has 0 aliphatic carbocycles. The zero-order valence-electron chi connectivity index (χ0n) is 14.6. The average Bonchev–Trinajstić information content (AvgIpc) is 3.08. The normalized spacial score (nSPS) is 18.0. The lowest BCUT2D eigenvalue weighted by molar-refractivity contribution is -0.139. The number of primary amides is 1. The molecule has 2 atom stereocenters. The minimum absolute atomic E-state index is 0.124. The first-order valence-electron chi connectivity index (χ1n) is 8.47. The summed E-state index contributed by atoms with van der Waals surface area (Å²) in [6.07, 6.45) is 0.623. The van der Waals surface area contributed by atoms with E-state index in [9.17, 15) is 14.4 Å². The van der Waals surface area contributed by atoms with Crippen LogP contribution in [0.25, 0.3) is 0 Å². The zero-order valence-corrected chi connectivity index (χ0v) is 14.6. The van der Waals surface area contributed by atoms with Crippen LogP contribution in [0.5, 0.6) is 0 Å². The maximum Gasteiger partial charge on any atom is 0.408 e. The molecule has 7 heteroatoms. The largest absolute Gasteiger partial charge is 0.445 e. The highest BCUT2D eigenvalue weighted by molar-refractivity contribution is 5.91. The van der Waals surface area contributed by atoms with Crippen LogP contribution in [0, 0.1) is 5.92 Å². The van der Waals surface area contributed by atoms with Gasteiger partial charge in [-0.2, -0.15) is 0 Å². The van der Waals surface area contributed by atoms with Crippen LogP contribution in [-0.2, 0) is 20.9 Å². The van der Waals surface area contributed by atoms with Gasteiger partial charge in [0.15, 0.2) is 0 Å². The third kappa shape index (κ3) is 4.95. The Morgan fingerprint density at radius 1 is 1.28 bits per heavy atom. The second-order valence-corrected chi connectivity index (χ2v) is 6.52. The number of nitrogens with one attached hydrogen (secondary N) is 1. The van der Waals surface area contributed by atoms with Gasteiger partial charge in [0, 0.05) is 6.54 Å².